The molecule has 2 nitrogen and oxygen atoms in total. The fourth-order valence-corrected chi connectivity index (χ4v) is 3.73. The van der Waals surface area contributed by atoms with Crippen LogP contribution in [0.2, 0.25) is 0 Å². The van der Waals surface area contributed by atoms with Gasteiger partial charge in [0.05, 0.1) is 11.6 Å². The van der Waals surface area contributed by atoms with Crippen LogP contribution < -0.4 is 0 Å². The van der Waals surface area contributed by atoms with Crippen LogP contribution in [0.1, 0.15) is 40.0 Å². The van der Waals surface area contributed by atoms with Crippen molar-refractivity contribution in [2.24, 2.45) is 5.41 Å². The Hall–Kier alpha value is -0.340. The van der Waals surface area contributed by atoms with E-state index in [0.29, 0.717) is 11.5 Å². The van der Waals surface area contributed by atoms with Gasteiger partial charge in [0.2, 0.25) is 0 Å². The van der Waals surface area contributed by atoms with Gasteiger partial charge in [0, 0.05) is 20.2 Å². The highest BCUT2D eigenvalue weighted by Crippen LogP contribution is 2.48. The molecule has 2 saturated heterocycles. The van der Waals surface area contributed by atoms with Gasteiger partial charge in [-0.2, -0.15) is 0 Å². The summed E-state index contributed by atoms with van der Waals surface area (Å²) in [4.78, 5) is 2.61. The first-order valence-corrected chi connectivity index (χ1v) is 6.32. The molecule has 2 rings (SSSR count). The lowest BCUT2D eigenvalue weighted by Gasteiger charge is -2.41. The fourth-order valence-electron chi connectivity index (χ4n) is 3.73. The van der Waals surface area contributed by atoms with E-state index in [1.54, 1.807) is 0 Å². The third-order valence-electron chi connectivity index (χ3n) is 3.98. The van der Waals surface area contributed by atoms with Crippen LogP contribution in [0.3, 0.4) is 0 Å². The minimum Gasteiger partial charge on any atom is -0.379 e. The number of ether oxygens (including phenoxy) is 1. The molecule has 0 N–H and O–H groups in total. The molecule has 0 spiro atoms. The van der Waals surface area contributed by atoms with Crippen LogP contribution in [0.15, 0.2) is 12.2 Å². The van der Waals surface area contributed by atoms with Gasteiger partial charge in [-0.25, -0.2) is 0 Å². The lowest BCUT2D eigenvalue weighted by molar-refractivity contribution is -0.00638. The standard InChI is InChI=1S/C14H25NO/c1-11-8-14(10-13(2,3)4)12(16-5)6-7-15(14)9-11/h12H,1,6-10H2,2-5H3/t12-,14?/m0/s1. The molecule has 2 heterocycles. The third kappa shape index (κ3) is 1.93. The summed E-state index contributed by atoms with van der Waals surface area (Å²) >= 11 is 0. The van der Waals surface area contributed by atoms with Crippen molar-refractivity contribution in [1.29, 1.82) is 0 Å². The first kappa shape index (κ1) is 12.1. The molecule has 0 aromatic heterocycles. The number of nitrogens with zero attached hydrogens (tertiary/aromatic N) is 1. The second-order valence-corrected chi connectivity index (χ2v) is 6.70. The van der Waals surface area contributed by atoms with Crippen molar-refractivity contribution in [2.75, 3.05) is 20.2 Å². The van der Waals surface area contributed by atoms with Gasteiger partial charge >= 0.3 is 0 Å². The summed E-state index contributed by atoms with van der Waals surface area (Å²) in [6, 6.07) is 0. The number of hydrogen-bond acceptors (Lipinski definition) is 2. The van der Waals surface area contributed by atoms with Gasteiger partial charge < -0.3 is 4.74 Å². The van der Waals surface area contributed by atoms with Crippen LogP contribution in [-0.2, 0) is 4.74 Å². The number of methoxy groups -OCH3 is 1. The maximum Gasteiger partial charge on any atom is 0.0770 e. The Labute approximate surface area is 99.7 Å². The summed E-state index contributed by atoms with van der Waals surface area (Å²) < 4.78 is 5.74. The summed E-state index contributed by atoms with van der Waals surface area (Å²) in [5.74, 6) is 0. The highest BCUT2D eigenvalue weighted by atomic mass is 16.5. The van der Waals surface area contributed by atoms with E-state index in [2.05, 4.69) is 32.3 Å². The molecule has 16 heavy (non-hydrogen) atoms. The monoisotopic (exact) mass is 223 g/mol. The van der Waals surface area contributed by atoms with Crippen molar-refractivity contribution < 1.29 is 4.74 Å². The largest absolute Gasteiger partial charge is 0.379 e. The molecule has 0 aromatic rings. The molecule has 2 aliphatic rings. The summed E-state index contributed by atoms with van der Waals surface area (Å²) in [5.41, 5.74) is 1.97. The van der Waals surface area contributed by atoms with Gasteiger partial charge in [-0.3, -0.25) is 4.90 Å². The lowest BCUT2D eigenvalue weighted by Crippen LogP contribution is -2.49. The van der Waals surface area contributed by atoms with Gasteiger partial charge in [0.15, 0.2) is 0 Å². The van der Waals surface area contributed by atoms with Gasteiger partial charge in [0.25, 0.3) is 0 Å². The quantitative estimate of drug-likeness (QED) is 0.667. The first-order valence-electron chi connectivity index (χ1n) is 6.32. The molecule has 0 aliphatic carbocycles. The Morgan fingerprint density at radius 2 is 2.19 bits per heavy atom. The highest BCUT2D eigenvalue weighted by Gasteiger charge is 2.53. The molecular formula is C14H25NO. The summed E-state index contributed by atoms with van der Waals surface area (Å²) in [7, 11) is 1.86. The Balaban J connectivity index is 2.26. The van der Waals surface area contributed by atoms with E-state index in [-0.39, 0.29) is 5.54 Å². The highest BCUT2D eigenvalue weighted by molar-refractivity contribution is 5.21. The van der Waals surface area contributed by atoms with Crippen molar-refractivity contribution in [2.45, 2.75) is 51.7 Å². The fraction of sp³-hybridized carbons (Fsp3) is 0.857. The zero-order chi connectivity index (χ0) is 12.0. The molecule has 0 saturated carbocycles. The third-order valence-corrected chi connectivity index (χ3v) is 3.98. The van der Waals surface area contributed by atoms with E-state index in [4.69, 9.17) is 4.74 Å². The van der Waals surface area contributed by atoms with Crippen molar-refractivity contribution in [3.8, 4) is 0 Å². The van der Waals surface area contributed by atoms with Crippen LogP contribution in [-0.4, -0.2) is 36.7 Å². The van der Waals surface area contributed by atoms with Crippen molar-refractivity contribution in [1.82, 2.24) is 4.90 Å². The summed E-state index contributed by atoms with van der Waals surface area (Å²) in [6.45, 7) is 13.4. The Morgan fingerprint density at radius 1 is 1.50 bits per heavy atom. The predicted molar refractivity (Wildman–Crippen MR) is 67.5 cm³/mol. The molecule has 92 valence electrons. The predicted octanol–water partition coefficient (Wildman–Crippen LogP) is 2.84. The smallest absolute Gasteiger partial charge is 0.0770 e. The van der Waals surface area contributed by atoms with E-state index < -0.39 is 0 Å². The minimum absolute atomic E-state index is 0.240. The molecule has 1 unspecified atom stereocenters. The summed E-state index contributed by atoms with van der Waals surface area (Å²) in [6.07, 6.45) is 3.91. The molecule has 2 atom stereocenters. The molecule has 2 aliphatic heterocycles. The van der Waals surface area contributed by atoms with E-state index in [1.807, 2.05) is 7.11 Å². The Kier molecular flexibility index (Phi) is 2.92. The molecule has 2 heteroatoms. The summed E-state index contributed by atoms with van der Waals surface area (Å²) in [5, 5.41) is 0. The van der Waals surface area contributed by atoms with Crippen LogP contribution in [0.4, 0.5) is 0 Å². The molecule has 0 aromatic carbocycles. The normalized spacial score (nSPS) is 35.8. The second kappa shape index (κ2) is 3.85. The van der Waals surface area contributed by atoms with E-state index in [0.717, 1.165) is 13.0 Å². The first-order chi connectivity index (χ1) is 7.37. The van der Waals surface area contributed by atoms with Crippen LogP contribution in [0.5, 0.6) is 0 Å². The maximum absolute atomic E-state index is 5.74. The SMILES string of the molecule is C=C1CN2CC[C@H](OC)C2(CC(C)(C)C)C1. The van der Waals surface area contributed by atoms with Crippen molar-refractivity contribution >= 4 is 0 Å². The molecular weight excluding hydrogens is 198 g/mol. The van der Waals surface area contributed by atoms with Crippen LogP contribution in [0, 0.1) is 5.41 Å². The van der Waals surface area contributed by atoms with Crippen LogP contribution >= 0.6 is 0 Å². The van der Waals surface area contributed by atoms with E-state index in [9.17, 15) is 0 Å². The van der Waals surface area contributed by atoms with Gasteiger partial charge in [-0.1, -0.05) is 32.9 Å². The van der Waals surface area contributed by atoms with Crippen molar-refractivity contribution in [3.63, 3.8) is 0 Å². The lowest BCUT2D eigenvalue weighted by atomic mass is 9.75. The average molecular weight is 223 g/mol. The average Bonchev–Trinajstić information content (AvgIpc) is 2.54. The molecule has 0 amide bonds. The molecule has 2 fully saturated rings. The Bertz CT molecular complexity index is 292. The Morgan fingerprint density at radius 3 is 2.75 bits per heavy atom. The van der Waals surface area contributed by atoms with Crippen molar-refractivity contribution in [3.05, 3.63) is 12.2 Å². The van der Waals surface area contributed by atoms with Gasteiger partial charge in [-0.05, 0) is 24.7 Å². The zero-order valence-corrected chi connectivity index (χ0v) is 11.2. The maximum atomic E-state index is 5.74. The van der Waals surface area contributed by atoms with E-state index >= 15 is 0 Å². The van der Waals surface area contributed by atoms with Crippen LogP contribution in [0.25, 0.3) is 0 Å². The number of hydrogen-bond donors (Lipinski definition) is 0. The topological polar surface area (TPSA) is 12.5 Å². The molecule has 0 bridgehead atoms. The molecule has 0 radical (unpaired) electrons. The van der Waals surface area contributed by atoms with Gasteiger partial charge in [-0.15, -0.1) is 0 Å². The van der Waals surface area contributed by atoms with E-state index in [1.165, 1.54) is 25.0 Å². The van der Waals surface area contributed by atoms with Gasteiger partial charge in [0.1, 0.15) is 0 Å². The number of rotatable bonds is 2. The minimum atomic E-state index is 0.240. The number of fused-ring (bicyclic) bond motifs is 1. The second-order valence-electron chi connectivity index (χ2n) is 6.70. The zero-order valence-electron chi connectivity index (χ0n) is 11.2.